The molecule has 5 heteroatoms. The number of aromatic nitrogens is 2. The van der Waals surface area contributed by atoms with Crippen molar-refractivity contribution in [3.05, 3.63) is 17.7 Å². The molecule has 1 heterocycles. The molecule has 0 aliphatic heterocycles. The predicted octanol–water partition coefficient (Wildman–Crippen LogP) is 2.10. The van der Waals surface area contributed by atoms with Gasteiger partial charge in [0.2, 0.25) is 0 Å². The third kappa shape index (κ3) is 5.98. The molecule has 0 bridgehead atoms. The number of anilines is 1. The van der Waals surface area contributed by atoms with Gasteiger partial charge >= 0.3 is 0 Å². The Balaban J connectivity index is 2.88. The van der Waals surface area contributed by atoms with Gasteiger partial charge in [0.15, 0.2) is 0 Å². The Bertz CT molecular complexity index is 417. The van der Waals surface area contributed by atoms with E-state index in [2.05, 4.69) is 62.0 Å². The lowest BCUT2D eigenvalue weighted by atomic mass is 10.2. The molecular formula is C16H31N5. The molecule has 0 atom stereocenters. The van der Waals surface area contributed by atoms with Crippen molar-refractivity contribution in [2.45, 2.75) is 39.7 Å². The fraction of sp³-hybridized carbons (Fsp3) is 0.750. The molecule has 1 aromatic rings. The molecule has 0 amide bonds. The molecule has 0 radical (unpaired) electrons. The number of likely N-dealkylation sites (N-methyl/N-ethyl adjacent to an activating group) is 2. The fourth-order valence-corrected chi connectivity index (χ4v) is 2.01. The lowest BCUT2D eigenvalue weighted by Crippen LogP contribution is -2.30. The summed E-state index contributed by atoms with van der Waals surface area (Å²) in [5, 5.41) is 3.45. The normalized spacial score (nSPS) is 11.4. The zero-order valence-corrected chi connectivity index (χ0v) is 14.5. The van der Waals surface area contributed by atoms with Crippen molar-refractivity contribution in [3.63, 3.8) is 0 Å². The Hall–Kier alpha value is -1.20. The van der Waals surface area contributed by atoms with Gasteiger partial charge < -0.3 is 15.1 Å². The van der Waals surface area contributed by atoms with Crippen molar-refractivity contribution in [2.75, 3.05) is 45.7 Å². The first-order chi connectivity index (χ1) is 9.95. The quantitative estimate of drug-likeness (QED) is 0.706. The molecule has 0 fully saturated rings. The van der Waals surface area contributed by atoms with E-state index in [4.69, 9.17) is 4.98 Å². The minimum absolute atomic E-state index is 0.357. The Labute approximate surface area is 129 Å². The summed E-state index contributed by atoms with van der Waals surface area (Å²) in [6.07, 6.45) is 3.11. The zero-order chi connectivity index (χ0) is 15.8. The Morgan fingerprint density at radius 2 is 1.90 bits per heavy atom. The van der Waals surface area contributed by atoms with Gasteiger partial charge in [-0.05, 0) is 27.1 Å². The predicted molar refractivity (Wildman–Crippen MR) is 89.9 cm³/mol. The largest absolute Gasteiger partial charge is 0.371 e. The summed E-state index contributed by atoms with van der Waals surface area (Å²) in [7, 11) is 6.30. The van der Waals surface area contributed by atoms with Crippen molar-refractivity contribution in [1.29, 1.82) is 0 Å². The second-order valence-corrected chi connectivity index (χ2v) is 6.12. The van der Waals surface area contributed by atoms with Gasteiger partial charge in [-0.2, -0.15) is 0 Å². The third-order valence-corrected chi connectivity index (χ3v) is 3.39. The highest BCUT2D eigenvalue weighted by molar-refractivity contribution is 5.48. The summed E-state index contributed by atoms with van der Waals surface area (Å²) in [6, 6.07) is 0. The van der Waals surface area contributed by atoms with Gasteiger partial charge in [-0.25, -0.2) is 9.97 Å². The van der Waals surface area contributed by atoms with Crippen molar-refractivity contribution in [2.24, 2.45) is 0 Å². The summed E-state index contributed by atoms with van der Waals surface area (Å²) in [5.74, 6) is 1.28. The first-order valence-corrected chi connectivity index (χ1v) is 7.88. The third-order valence-electron chi connectivity index (χ3n) is 3.39. The molecule has 1 aromatic heterocycles. The molecule has 120 valence electrons. The van der Waals surface area contributed by atoms with E-state index in [1.807, 2.05) is 6.20 Å². The second-order valence-electron chi connectivity index (χ2n) is 6.12. The van der Waals surface area contributed by atoms with Crippen LogP contribution in [0, 0.1) is 0 Å². The van der Waals surface area contributed by atoms with Gasteiger partial charge in [-0.15, -0.1) is 0 Å². The molecule has 0 aliphatic carbocycles. The molecule has 1 rings (SSSR count). The molecule has 0 saturated heterocycles. The van der Waals surface area contributed by atoms with E-state index in [-0.39, 0.29) is 0 Å². The highest BCUT2D eigenvalue weighted by atomic mass is 15.2. The van der Waals surface area contributed by atoms with Crippen LogP contribution in [-0.4, -0.2) is 55.6 Å². The van der Waals surface area contributed by atoms with Crippen LogP contribution in [0.2, 0.25) is 0 Å². The summed E-state index contributed by atoms with van der Waals surface area (Å²) in [5.41, 5.74) is 2.23. The maximum Gasteiger partial charge on any atom is 0.131 e. The van der Waals surface area contributed by atoms with Crippen LogP contribution in [0.1, 0.15) is 44.6 Å². The van der Waals surface area contributed by atoms with Crippen LogP contribution in [0.5, 0.6) is 0 Å². The monoisotopic (exact) mass is 293 g/mol. The fourth-order valence-electron chi connectivity index (χ4n) is 2.01. The SMILES string of the molecule is CCCNCc1nc(C(C)C)ncc1N(C)CCN(C)C. The number of rotatable bonds is 9. The van der Waals surface area contributed by atoms with Crippen LogP contribution >= 0.6 is 0 Å². The summed E-state index contributed by atoms with van der Waals surface area (Å²) < 4.78 is 0. The Kier molecular flexibility index (Phi) is 7.61. The van der Waals surface area contributed by atoms with Crippen molar-refractivity contribution < 1.29 is 0 Å². The molecule has 1 N–H and O–H groups in total. The highest BCUT2D eigenvalue weighted by Gasteiger charge is 2.13. The maximum atomic E-state index is 4.76. The summed E-state index contributed by atoms with van der Waals surface area (Å²) in [4.78, 5) is 13.7. The van der Waals surface area contributed by atoms with Crippen LogP contribution in [0.25, 0.3) is 0 Å². The van der Waals surface area contributed by atoms with E-state index in [0.29, 0.717) is 5.92 Å². The lowest BCUT2D eigenvalue weighted by Gasteiger charge is -2.24. The Morgan fingerprint density at radius 1 is 1.19 bits per heavy atom. The van der Waals surface area contributed by atoms with Crippen molar-refractivity contribution in [1.82, 2.24) is 20.2 Å². The second kappa shape index (κ2) is 8.95. The van der Waals surface area contributed by atoms with Gasteiger partial charge in [0.1, 0.15) is 5.82 Å². The maximum absolute atomic E-state index is 4.76. The molecule has 0 aliphatic rings. The summed E-state index contributed by atoms with van der Waals surface area (Å²) in [6.45, 7) is 10.3. The van der Waals surface area contributed by atoms with Gasteiger partial charge in [-0.1, -0.05) is 20.8 Å². The van der Waals surface area contributed by atoms with Gasteiger partial charge in [0.25, 0.3) is 0 Å². The minimum atomic E-state index is 0.357. The first-order valence-electron chi connectivity index (χ1n) is 7.88. The standard InChI is InChI=1S/C16H31N5/c1-7-8-17-11-14-15(21(6)10-9-20(4)5)12-18-16(19-14)13(2)3/h12-13,17H,7-11H2,1-6H3. The average molecular weight is 293 g/mol. The van der Waals surface area contributed by atoms with E-state index in [1.165, 1.54) is 0 Å². The lowest BCUT2D eigenvalue weighted by molar-refractivity contribution is 0.416. The van der Waals surface area contributed by atoms with Gasteiger partial charge in [-0.3, -0.25) is 0 Å². The molecule has 0 aromatic carbocycles. The van der Waals surface area contributed by atoms with E-state index >= 15 is 0 Å². The minimum Gasteiger partial charge on any atom is -0.371 e. The van der Waals surface area contributed by atoms with Crippen LogP contribution in [0.15, 0.2) is 6.20 Å². The molecule has 0 saturated carbocycles. The first kappa shape index (κ1) is 17.9. The number of nitrogens with zero attached hydrogens (tertiary/aromatic N) is 4. The highest BCUT2D eigenvalue weighted by Crippen LogP contribution is 2.19. The Morgan fingerprint density at radius 3 is 2.48 bits per heavy atom. The number of hydrogen-bond donors (Lipinski definition) is 1. The average Bonchev–Trinajstić information content (AvgIpc) is 2.44. The van der Waals surface area contributed by atoms with E-state index in [1.54, 1.807) is 0 Å². The molecule has 0 unspecified atom stereocenters. The molecule has 0 spiro atoms. The van der Waals surface area contributed by atoms with E-state index in [9.17, 15) is 0 Å². The van der Waals surface area contributed by atoms with Gasteiger partial charge in [0.05, 0.1) is 17.6 Å². The molecular weight excluding hydrogens is 262 g/mol. The van der Waals surface area contributed by atoms with Crippen molar-refractivity contribution >= 4 is 5.69 Å². The van der Waals surface area contributed by atoms with Crippen LogP contribution in [0.4, 0.5) is 5.69 Å². The van der Waals surface area contributed by atoms with E-state index < -0.39 is 0 Å². The zero-order valence-electron chi connectivity index (χ0n) is 14.5. The number of hydrogen-bond acceptors (Lipinski definition) is 5. The molecule has 21 heavy (non-hydrogen) atoms. The van der Waals surface area contributed by atoms with Crippen molar-refractivity contribution in [3.8, 4) is 0 Å². The topological polar surface area (TPSA) is 44.3 Å². The molecule has 5 nitrogen and oxygen atoms in total. The van der Waals surface area contributed by atoms with Crippen LogP contribution < -0.4 is 10.2 Å². The smallest absolute Gasteiger partial charge is 0.131 e. The summed E-state index contributed by atoms with van der Waals surface area (Å²) >= 11 is 0. The van der Waals surface area contributed by atoms with Crippen LogP contribution in [0.3, 0.4) is 0 Å². The van der Waals surface area contributed by atoms with E-state index in [0.717, 1.165) is 49.8 Å². The van der Waals surface area contributed by atoms with Gasteiger partial charge in [0, 0.05) is 32.6 Å². The number of nitrogens with one attached hydrogen (secondary N) is 1. The van der Waals surface area contributed by atoms with Crippen LogP contribution in [-0.2, 0) is 6.54 Å².